The number of benzene rings is 2. The maximum Gasteiger partial charge on any atom is 0.115 e. The zero-order valence-corrected chi connectivity index (χ0v) is 23.2. The van der Waals surface area contributed by atoms with E-state index in [9.17, 15) is 5.26 Å². The van der Waals surface area contributed by atoms with Gasteiger partial charge in [-0.15, -0.1) is 12.3 Å². The number of hydrogen-bond acceptors (Lipinski definition) is 1. The van der Waals surface area contributed by atoms with E-state index in [1.807, 2.05) is 82.3 Å². The van der Waals surface area contributed by atoms with Crippen molar-refractivity contribution in [2.45, 2.75) is 71.9 Å². The summed E-state index contributed by atoms with van der Waals surface area (Å²) < 4.78 is 15.9. The van der Waals surface area contributed by atoms with Crippen LogP contribution in [-0.4, -0.2) is 5.67 Å². The first-order valence-corrected chi connectivity index (χ1v) is 12.6. The summed E-state index contributed by atoms with van der Waals surface area (Å²) in [6.07, 6.45) is 9.43. The first kappa shape index (κ1) is 29.1. The van der Waals surface area contributed by atoms with Crippen molar-refractivity contribution in [3.63, 3.8) is 0 Å². The first-order valence-electron chi connectivity index (χ1n) is 12.2. The van der Waals surface area contributed by atoms with Crippen LogP contribution in [0.1, 0.15) is 80.3 Å². The molecule has 1 atom stereocenters. The van der Waals surface area contributed by atoms with Crippen LogP contribution in [0.4, 0.5) is 4.39 Å². The monoisotopic (exact) mass is 501 g/mol. The molecule has 1 nitrogen and oxygen atoms in total. The van der Waals surface area contributed by atoms with Gasteiger partial charge in [-0.05, 0) is 117 Å². The fourth-order valence-electron chi connectivity index (χ4n) is 4.21. The normalized spacial score (nSPS) is 13.2. The molecule has 2 aromatic carbocycles. The molecule has 1 unspecified atom stereocenters. The van der Waals surface area contributed by atoms with Crippen LogP contribution in [0.2, 0.25) is 5.02 Å². The van der Waals surface area contributed by atoms with E-state index in [1.54, 1.807) is 13.8 Å². The van der Waals surface area contributed by atoms with Crippen molar-refractivity contribution in [2.75, 3.05) is 0 Å². The minimum absolute atomic E-state index is 0.452. The van der Waals surface area contributed by atoms with Crippen LogP contribution in [0.25, 0.3) is 11.1 Å². The largest absolute Gasteiger partial charge is 0.244 e. The van der Waals surface area contributed by atoms with Crippen molar-refractivity contribution in [2.24, 2.45) is 0 Å². The molecule has 0 saturated carbocycles. The Morgan fingerprint density at radius 1 is 1.14 bits per heavy atom. The number of aryl methyl sites for hydroxylation is 1. The lowest BCUT2D eigenvalue weighted by atomic mass is 9.66. The molecule has 36 heavy (non-hydrogen) atoms. The lowest BCUT2D eigenvalue weighted by Gasteiger charge is -2.40. The smallest absolute Gasteiger partial charge is 0.115 e. The van der Waals surface area contributed by atoms with Gasteiger partial charge in [-0.25, -0.2) is 4.39 Å². The number of allylic oxidation sites excluding steroid dienone is 5. The summed E-state index contributed by atoms with van der Waals surface area (Å²) in [6, 6.07) is 12.1. The van der Waals surface area contributed by atoms with Crippen molar-refractivity contribution < 1.29 is 4.39 Å². The number of nitriles is 1. The second-order valence-electron chi connectivity index (χ2n) is 9.97. The molecule has 0 N–H and O–H groups in total. The van der Waals surface area contributed by atoms with E-state index in [-0.39, 0.29) is 0 Å². The molecule has 0 spiro atoms. The molecule has 0 aliphatic rings. The van der Waals surface area contributed by atoms with Gasteiger partial charge in [-0.3, -0.25) is 0 Å². The summed E-state index contributed by atoms with van der Waals surface area (Å²) in [6.45, 7) is 19.0. The number of hydrogen-bond donors (Lipinski definition) is 0. The van der Waals surface area contributed by atoms with Crippen LogP contribution in [0.3, 0.4) is 0 Å². The molecule has 0 aliphatic heterocycles. The maximum absolute atomic E-state index is 15.9. The van der Waals surface area contributed by atoms with Crippen molar-refractivity contribution in [1.82, 2.24) is 0 Å². The van der Waals surface area contributed by atoms with Crippen molar-refractivity contribution in [3.05, 3.63) is 112 Å². The van der Waals surface area contributed by atoms with Crippen LogP contribution in [0.15, 0.2) is 73.5 Å². The predicted molar refractivity (Wildman–Crippen MR) is 154 cm³/mol. The third kappa shape index (κ3) is 6.55. The van der Waals surface area contributed by atoms with Gasteiger partial charge in [0, 0.05) is 10.4 Å². The van der Waals surface area contributed by atoms with Gasteiger partial charge in [-0.2, -0.15) is 5.26 Å². The molecule has 0 aliphatic carbocycles. The molecule has 0 heterocycles. The Labute approximate surface area is 222 Å². The van der Waals surface area contributed by atoms with Crippen LogP contribution >= 0.6 is 11.6 Å². The van der Waals surface area contributed by atoms with E-state index in [2.05, 4.69) is 25.0 Å². The van der Waals surface area contributed by atoms with E-state index < -0.39 is 11.1 Å². The first-order chi connectivity index (χ1) is 16.9. The Morgan fingerprint density at radius 3 is 2.39 bits per heavy atom. The summed E-state index contributed by atoms with van der Waals surface area (Å²) in [7, 11) is 0. The average Bonchev–Trinajstić information content (AvgIpc) is 2.83. The number of halogens is 2. The van der Waals surface area contributed by atoms with Crippen LogP contribution in [-0.2, 0) is 5.41 Å². The summed E-state index contributed by atoms with van der Waals surface area (Å²) in [5.41, 5.74) is 7.74. The van der Waals surface area contributed by atoms with Gasteiger partial charge >= 0.3 is 0 Å². The molecule has 0 aromatic heterocycles. The number of nitrogens with zero attached hydrogens (tertiary/aromatic N) is 1. The van der Waals surface area contributed by atoms with Crippen LogP contribution in [0.5, 0.6) is 0 Å². The second kappa shape index (κ2) is 12.2. The molecule has 0 amide bonds. The fourth-order valence-corrected chi connectivity index (χ4v) is 4.48. The van der Waals surface area contributed by atoms with Crippen LogP contribution in [0, 0.1) is 25.2 Å². The summed E-state index contributed by atoms with van der Waals surface area (Å²) in [5, 5.41) is 10.5. The van der Waals surface area contributed by atoms with Gasteiger partial charge in [0.15, 0.2) is 0 Å². The highest BCUT2D eigenvalue weighted by Gasteiger charge is 2.44. The van der Waals surface area contributed by atoms with Crippen LogP contribution < -0.4 is 0 Å². The molecule has 0 saturated heterocycles. The Hall–Kier alpha value is -3.11. The van der Waals surface area contributed by atoms with E-state index in [0.717, 1.165) is 45.4 Å². The van der Waals surface area contributed by atoms with Crippen molar-refractivity contribution in [1.29, 1.82) is 5.26 Å². The summed E-state index contributed by atoms with van der Waals surface area (Å²) in [5.74, 6) is 0. The Bertz CT molecular complexity index is 1250. The molecule has 3 heteroatoms. The highest BCUT2D eigenvalue weighted by Crippen LogP contribution is 2.46. The van der Waals surface area contributed by atoms with Crippen molar-refractivity contribution >= 4 is 22.7 Å². The molecular weight excluding hydrogens is 465 g/mol. The van der Waals surface area contributed by atoms with E-state index in [4.69, 9.17) is 11.6 Å². The lowest BCUT2D eigenvalue weighted by Crippen LogP contribution is -2.42. The molecule has 2 aromatic rings. The van der Waals surface area contributed by atoms with E-state index in [1.165, 1.54) is 0 Å². The van der Waals surface area contributed by atoms with E-state index in [0.29, 0.717) is 23.4 Å². The van der Waals surface area contributed by atoms with Gasteiger partial charge in [0.05, 0.1) is 11.6 Å². The maximum atomic E-state index is 15.9. The zero-order valence-electron chi connectivity index (χ0n) is 22.4. The lowest BCUT2D eigenvalue weighted by molar-refractivity contribution is 0.104. The standard InChI is InChI=1S/C33H37ClFN/c1-9-11-12-13-14-15-23(3)30-17-16-27(19-28(30)22-36)26(10-2)21-33(8,32(6,7)35)29-18-24(4)25(5)31(34)20-29/h9-10,12,14,16-20H,1,3,11,15,21H2,2,4-8H3/b26-10+. The zero-order chi connectivity index (χ0) is 27.1. The quantitative estimate of drug-likeness (QED) is 0.234. The summed E-state index contributed by atoms with van der Waals surface area (Å²) >= 11 is 6.52. The highest BCUT2D eigenvalue weighted by molar-refractivity contribution is 6.31. The van der Waals surface area contributed by atoms with Gasteiger partial charge in [0.1, 0.15) is 5.67 Å². The molecule has 0 fully saturated rings. The molecule has 0 bridgehead atoms. The average molecular weight is 502 g/mol. The Kier molecular flexibility index (Phi) is 9.89. The fraction of sp³-hybridized carbons (Fsp3) is 0.333. The number of rotatable bonds is 10. The minimum Gasteiger partial charge on any atom is -0.244 e. The third-order valence-electron chi connectivity index (χ3n) is 7.21. The summed E-state index contributed by atoms with van der Waals surface area (Å²) in [4.78, 5) is 0. The third-order valence-corrected chi connectivity index (χ3v) is 7.60. The van der Waals surface area contributed by atoms with Gasteiger partial charge in [0.2, 0.25) is 0 Å². The molecule has 0 radical (unpaired) electrons. The Morgan fingerprint density at radius 2 is 1.83 bits per heavy atom. The van der Waals surface area contributed by atoms with Gasteiger partial charge in [0.25, 0.3) is 0 Å². The highest BCUT2D eigenvalue weighted by atomic mass is 35.5. The number of alkyl halides is 1. The SMILES string of the molecule is C=CCC=C=CCC(=C)c1ccc(/C(=C/C)CC(C)(c2cc(C)c(C)c(Cl)c2)C(C)(C)F)cc1C#N. The predicted octanol–water partition coefficient (Wildman–Crippen LogP) is 10.0. The minimum atomic E-state index is -1.52. The van der Waals surface area contributed by atoms with E-state index >= 15 is 4.39 Å². The molecular formula is C33H37ClFN. The topological polar surface area (TPSA) is 23.8 Å². The Balaban J connectivity index is 2.47. The van der Waals surface area contributed by atoms with Gasteiger partial charge in [-0.1, -0.05) is 55.5 Å². The molecule has 2 rings (SSSR count). The van der Waals surface area contributed by atoms with Gasteiger partial charge < -0.3 is 0 Å². The van der Waals surface area contributed by atoms with Crippen molar-refractivity contribution in [3.8, 4) is 6.07 Å². The second-order valence-corrected chi connectivity index (χ2v) is 10.4. The molecule has 188 valence electrons.